The van der Waals surface area contributed by atoms with Crippen LogP contribution in [-0.4, -0.2) is 24.4 Å². The number of carbonyl (C=O) groups excluding carboxylic acids is 2. The third kappa shape index (κ3) is 5.21. The Hall–Kier alpha value is -2.67. The highest BCUT2D eigenvalue weighted by molar-refractivity contribution is 8.00. The zero-order chi connectivity index (χ0) is 22.9. The number of carbonyl (C=O) groups is 2. The molecule has 0 aliphatic carbocycles. The molecule has 0 spiro atoms. The summed E-state index contributed by atoms with van der Waals surface area (Å²) in [5.41, 5.74) is 2.70. The molecule has 2 aliphatic heterocycles. The van der Waals surface area contributed by atoms with Crippen molar-refractivity contribution in [1.82, 2.24) is 0 Å². The Balaban J connectivity index is 1.48. The molecule has 0 aromatic heterocycles. The number of ether oxygens (including phenoxy) is 2. The first-order valence-corrected chi connectivity index (χ1v) is 12.0. The lowest BCUT2D eigenvalue weighted by Crippen LogP contribution is -2.27. The van der Waals surface area contributed by atoms with Gasteiger partial charge in [-0.15, -0.1) is 11.8 Å². The van der Waals surface area contributed by atoms with Gasteiger partial charge in [0.1, 0.15) is 5.37 Å². The molecule has 1 fully saturated rings. The molecule has 170 valence electrons. The van der Waals surface area contributed by atoms with Crippen LogP contribution in [0.15, 0.2) is 42.5 Å². The predicted molar refractivity (Wildman–Crippen MR) is 128 cm³/mol. The van der Waals surface area contributed by atoms with Gasteiger partial charge >= 0.3 is 0 Å². The first-order valence-electron chi connectivity index (χ1n) is 10.9. The summed E-state index contributed by atoms with van der Waals surface area (Å²) >= 11 is 1.58. The van der Waals surface area contributed by atoms with Crippen molar-refractivity contribution >= 4 is 35.0 Å². The van der Waals surface area contributed by atoms with E-state index in [1.54, 1.807) is 16.7 Å². The number of thioether (sulfide) groups is 1. The van der Waals surface area contributed by atoms with Gasteiger partial charge in [0.25, 0.3) is 0 Å². The molecule has 2 atom stereocenters. The summed E-state index contributed by atoms with van der Waals surface area (Å²) in [5.74, 6) is 2.11. The smallest absolute Gasteiger partial charge is 0.238 e. The van der Waals surface area contributed by atoms with Gasteiger partial charge in [0, 0.05) is 23.9 Å². The third-order valence-corrected chi connectivity index (χ3v) is 6.66. The third-order valence-electron chi connectivity index (χ3n) is 5.45. The highest BCUT2D eigenvalue weighted by Gasteiger charge is 2.35. The summed E-state index contributed by atoms with van der Waals surface area (Å²) in [5, 5.41) is 2.87. The molecule has 2 aliphatic rings. The van der Waals surface area contributed by atoms with Crippen molar-refractivity contribution in [1.29, 1.82) is 0 Å². The van der Waals surface area contributed by atoms with Crippen LogP contribution in [0.25, 0.3) is 0 Å². The van der Waals surface area contributed by atoms with E-state index < -0.39 is 0 Å². The molecule has 0 bridgehead atoms. The predicted octanol–water partition coefficient (Wildman–Crippen LogP) is 5.59. The molecular formula is C25H30N2O4S. The molecule has 2 heterocycles. The van der Waals surface area contributed by atoms with Gasteiger partial charge < -0.3 is 14.8 Å². The average Bonchev–Trinajstić information content (AvgIpc) is 3.32. The minimum atomic E-state index is -0.167. The molecule has 7 heteroatoms. The summed E-state index contributed by atoms with van der Waals surface area (Å²) in [6, 6.07) is 13.3. The molecule has 4 rings (SSSR count). The Labute approximate surface area is 193 Å². The van der Waals surface area contributed by atoms with Crippen LogP contribution in [0, 0.1) is 11.3 Å². The van der Waals surface area contributed by atoms with Gasteiger partial charge in [0.2, 0.25) is 18.6 Å². The maximum atomic E-state index is 12.7. The number of hydrogen-bond acceptors (Lipinski definition) is 5. The number of hydrogen-bond donors (Lipinski definition) is 1. The maximum absolute atomic E-state index is 12.7. The van der Waals surface area contributed by atoms with Crippen LogP contribution < -0.4 is 19.7 Å². The minimum Gasteiger partial charge on any atom is -0.454 e. The number of fused-ring (bicyclic) bond motifs is 1. The normalized spacial score (nSPS) is 18.7. The van der Waals surface area contributed by atoms with Gasteiger partial charge in [-0.25, -0.2) is 0 Å². The van der Waals surface area contributed by atoms with Crippen LogP contribution in [0.2, 0.25) is 0 Å². The number of anilines is 2. The monoisotopic (exact) mass is 454 g/mol. The van der Waals surface area contributed by atoms with E-state index in [9.17, 15) is 9.59 Å². The van der Waals surface area contributed by atoms with E-state index in [1.165, 1.54) is 0 Å². The minimum absolute atomic E-state index is 0.0154. The molecule has 0 radical (unpaired) electrons. The topological polar surface area (TPSA) is 67.9 Å². The number of amides is 2. The quantitative estimate of drug-likeness (QED) is 0.616. The van der Waals surface area contributed by atoms with Gasteiger partial charge in [0.15, 0.2) is 11.5 Å². The van der Waals surface area contributed by atoms with Crippen molar-refractivity contribution in [3.8, 4) is 11.5 Å². The Kier molecular flexibility index (Phi) is 6.38. The van der Waals surface area contributed by atoms with Crippen LogP contribution in [-0.2, 0) is 9.59 Å². The van der Waals surface area contributed by atoms with Crippen LogP contribution in [0.5, 0.6) is 11.5 Å². The molecule has 0 saturated carbocycles. The summed E-state index contributed by atoms with van der Waals surface area (Å²) < 4.78 is 10.9. The van der Waals surface area contributed by atoms with Gasteiger partial charge in [-0.2, -0.15) is 0 Å². The molecule has 2 amide bonds. The first-order chi connectivity index (χ1) is 15.2. The Morgan fingerprint density at radius 1 is 1.19 bits per heavy atom. The Morgan fingerprint density at radius 2 is 1.97 bits per heavy atom. The van der Waals surface area contributed by atoms with E-state index in [0.717, 1.165) is 23.4 Å². The molecule has 0 unspecified atom stereocenters. The molecular weight excluding hydrogens is 424 g/mol. The van der Waals surface area contributed by atoms with Crippen LogP contribution >= 0.6 is 11.8 Å². The van der Waals surface area contributed by atoms with Gasteiger partial charge in [-0.3, -0.25) is 14.5 Å². The lowest BCUT2D eigenvalue weighted by Gasteiger charge is -2.25. The zero-order valence-electron chi connectivity index (χ0n) is 19.0. The maximum Gasteiger partial charge on any atom is 0.238 e. The first kappa shape index (κ1) is 22.5. The summed E-state index contributed by atoms with van der Waals surface area (Å²) in [4.78, 5) is 27.1. The lowest BCUT2D eigenvalue weighted by molar-refractivity contribution is -0.117. The number of benzene rings is 2. The lowest BCUT2D eigenvalue weighted by atomic mass is 9.84. The molecule has 1 N–H and O–H groups in total. The van der Waals surface area contributed by atoms with Gasteiger partial charge in [0.05, 0.1) is 5.75 Å². The molecule has 2 aromatic rings. The molecule has 2 aromatic carbocycles. The number of nitrogens with one attached hydrogen (secondary N) is 1. The SMILES string of the molecule is C[C@@H](CC(=O)Nc1cccc([C@@H]2SCC(=O)N2c2ccc3c(c2)OCO3)c1)CC(C)(C)C. The largest absolute Gasteiger partial charge is 0.454 e. The Bertz CT molecular complexity index is 1020. The van der Waals surface area contributed by atoms with Crippen molar-refractivity contribution in [2.45, 2.75) is 45.9 Å². The van der Waals surface area contributed by atoms with E-state index in [-0.39, 0.29) is 29.4 Å². The van der Waals surface area contributed by atoms with Crippen molar-refractivity contribution in [2.24, 2.45) is 11.3 Å². The Morgan fingerprint density at radius 3 is 2.75 bits per heavy atom. The van der Waals surface area contributed by atoms with Crippen molar-refractivity contribution in [2.75, 3.05) is 22.8 Å². The fourth-order valence-corrected chi connectivity index (χ4v) is 5.57. The number of rotatable bonds is 6. The van der Waals surface area contributed by atoms with Crippen LogP contribution in [0.4, 0.5) is 11.4 Å². The van der Waals surface area contributed by atoms with E-state index in [2.05, 4.69) is 33.0 Å². The summed E-state index contributed by atoms with van der Waals surface area (Å²) in [6.07, 6.45) is 1.48. The summed E-state index contributed by atoms with van der Waals surface area (Å²) in [7, 11) is 0. The van der Waals surface area contributed by atoms with Crippen molar-refractivity contribution in [3.05, 3.63) is 48.0 Å². The molecule has 1 saturated heterocycles. The van der Waals surface area contributed by atoms with Crippen LogP contribution in [0.1, 0.15) is 51.5 Å². The second-order valence-corrected chi connectivity index (χ2v) is 10.8. The average molecular weight is 455 g/mol. The van der Waals surface area contributed by atoms with E-state index >= 15 is 0 Å². The van der Waals surface area contributed by atoms with E-state index in [0.29, 0.717) is 29.6 Å². The van der Waals surface area contributed by atoms with Gasteiger partial charge in [-0.05, 0) is 47.6 Å². The highest BCUT2D eigenvalue weighted by atomic mass is 32.2. The van der Waals surface area contributed by atoms with E-state index in [1.807, 2.05) is 42.5 Å². The number of nitrogens with zero attached hydrogens (tertiary/aromatic N) is 1. The van der Waals surface area contributed by atoms with Crippen molar-refractivity contribution < 1.29 is 19.1 Å². The van der Waals surface area contributed by atoms with Crippen LogP contribution in [0.3, 0.4) is 0 Å². The van der Waals surface area contributed by atoms with Crippen molar-refractivity contribution in [3.63, 3.8) is 0 Å². The zero-order valence-corrected chi connectivity index (χ0v) is 19.8. The van der Waals surface area contributed by atoms with Gasteiger partial charge in [-0.1, -0.05) is 39.8 Å². The second kappa shape index (κ2) is 9.06. The highest BCUT2D eigenvalue weighted by Crippen LogP contribution is 2.45. The fourth-order valence-electron chi connectivity index (χ4n) is 4.40. The molecule has 32 heavy (non-hydrogen) atoms. The van der Waals surface area contributed by atoms with E-state index in [4.69, 9.17) is 9.47 Å². The molecule has 6 nitrogen and oxygen atoms in total. The second-order valence-electron chi connectivity index (χ2n) is 9.71. The fraction of sp³-hybridized carbons (Fsp3) is 0.440. The standard InChI is InChI=1S/C25H30N2O4S/c1-16(13-25(2,3)4)10-22(28)26-18-7-5-6-17(11-18)24-27(23(29)14-32-24)19-8-9-20-21(12-19)31-15-30-20/h5-9,11-12,16,24H,10,13-15H2,1-4H3,(H,26,28)/t16-,24-/m0/s1. The summed E-state index contributed by atoms with van der Waals surface area (Å²) in [6.45, 7) is 8.89.